The monoisotopic (exact) mass is 172 g/mol. The molecule has 68 valence electrons. The third kappa shape index (κ3) is 10.2. The molecule has 0 unspecified atom stereocenters. The minimum Gasteiger partial charge on any atom is -0.0695 e. The van der Waals surface area contributed by atoms with Crippen LogP contribution in [0.5, 0.6) is 0 Å². The Morgan fingerprint density at radius 1 is 1.00 bits per heavy atom. The van der Waals surface area contributed by atoms with Gasteiger partial charge in [-0.25, -0.2) is 0 Å². The van der Waals surface area contributed by atoms with E-state index in [1.165, 1.54) is 18.9 Å². The fourth-order valence-corrected chi connectivity index (χ4v) is 2.39. The molecule has 0 atom stereocenters. The Balaban J connectivity index is 3.44. The van der Waals surface area contributed by atoms with Crippen LogP contribution in [0.2, 0.25) is 25.7 Å². The van der Waals surface area contributed by atoms with E-state index in [4.69, 9.17) is 0 Å². The van der Waals surface area contributed by atoms with Crippen LogP contribution >= 0.6 is 0 Å². The summed E-state index contributed by atoms with van der Waals surface area (Å²) < 4.78 is 0. The normalized spacial score (nSPS) is 13.6. The first-order valence-corrected chi connectivity index (χ1v) is 8.41. The average molecular weight is 172 g/mol. The first-order chi connectivity index (χ1) is 4.71. The van der Waals surface area contributed by atoms with Gasteiger partial charge >= 0.3 is 0 Å². The predicted octanol–water partition coefficient (Wildman–Crippen LogP) is 4.15. The van der Waals surface area contributed by atoms with E-state index >= 15 is 0 Å². The third-order valence-electron chi connectivity index (χ3n) is 1.85. The van der Waals surface area contributed by atoms with Gasteiger partial charge in [0.15, 0.2) is 0 Å². The van der Waals surface area contributed by atoms with Crippen molar-refractivity contribution in [1.29, 1.82) is 0 Å². The van der Waals surface area contributed by atoms with Gasteiger partial charge in [0.1, 0.15) is 0 Å². The minimum absolute atomic E-state index is 0.541. The predicted molar refractivity (Wildman–Crippen MR) is 56.8 cm³/mol. The van der Waals surface area contributed by atoms with Gasteiger partial charge in [-0.15, -0.1) is 0 Å². The van der Waals surface area contributed by atoms with Crippen LogP contribution in [-0.4, -0.2) is 8.07 Å². The van der Waals surface area contributed by atoms with E-state index in [1.54, 1.807) is 0 Å². The molecule has 0 aromatic carbocycles. The van der Waals surface area contributed by atoms with E-state index < -0.39 is 8.07 Å². The molecule has 0 aromatic rings. The highest BCUT2D eigenvalue weighted by Gasteiger charge is 2.15. The molecule has 0 rings (SSSR count). The third-order valence-corrected chi connectivity index (χ3v) is 3.71. The van der Waals surface area contributed by atoms with Gasteiger partial charge in [0.2, 0.25) is 0 Å². The quantitative estimate of drug-likeness (QED) is 0.561. The lowest BCUT2D eigenvalue weighted by Crippen LogP contribution is -2.19. The molecular weight excluding hydrogens is 148 g/mol. The molecule has 0 spiro atoms. The summed E-state index contributed by atoms with van der Waals surface area (Å²) in [5.74, 6) is 0. The van der Waals surface area contributed by atoms with Crippen molar-refractivity contribution >= 4 is 8.07 Å². The summed E-state index contributed by atoms with van der Waals surface area (Å²) in [7, 11) is -0.757. The molecule has 0 saturated heterocycles. The maximum Gasteiger partial charge on any atom is 0.0442 e. The molecule has 0 aliphatic heterocycles. The molecule has 0 bridgehead atoms. The SMILES string of the molecule is CC(C)(C)CCC[Si](C)(C)C. The van der Waals surface area contributed by atoms with Crippen molar-refractivity contribution in [2.75, 3.05) is 0 Å². The topological polar surface area (TPSA) is 0 Å². The summed E-state index contributed by atoms with van der Waals surface area (Å²) in [6, 6.07) is 1.49. The van der Waals surface area contributed by atoms with Gasteiger partial charge in [-0.3, -0.25) is 0 Å². The zero-order valence-electron chi connectivity index (χ0n) is 9.12. The van der Waals surface area contributed by atoms with Crippen molar-refractivity contribution in [1.82, 2.24) is 0 Å². The molecule has 0 radical (unpaired) electrons. The van der Waals surface area contributed by atoms with Gasteiger partial charge in [0.05, 0.1) is 0 Å². The van der Waals surface area contributed by atoms with Crippen LogP contribution in [-0.2, 0) is 0 Å². The summed E-state index contributed by atoms with van der Waals surface area (Å²) >= 11 is 0. The van der Waals surface area contributed by atoms with Crippen molar-refractivity contribution in [3.63, 3.8) is 0 Å². The van der Waals surface area contributed by atoms with E-state index in [-0.39, 0.29) is 0 Å². The van der Waals surface area contributed by atoms with E-state index in [1.807, 2.05) is 0 Å². The second-order valence-electron chi connectivity index (χ2n) is 5.97. The standard InChI is InChI=1S/C10H24Si/c1-10(2,3)8-7-9-11(4,5)6/h7-9H2,1-6H3. The Labute approximate surface area is 73.4 Å². The van der Waals surface area contributed by atoms with E-state index in [0.29, 0.717) is 5.41 Å². The van der Waals surface area contributed by atoms with Crippen LogP contribution in [0.3, 0.4) is 0 Å². The molecule has 11 heavy (non-hydrogen) atoms. The first-order valence-electron chi connectivity index (χ1n) is 4.71. The van der Waals surface area contributed by atoms with Crippen LogP contribution in [0.4, 0.5) is 0 Å². The number of rotatable bonds is 3. The summed E-state index contributed by atoms with van der Waals surface area (Å²) in [6.07, 6.45) is 2.82. The van der Waals surface area contributed by atoms with Crippen molar-refractivity contribution < 1.29 is 0 Å². The van der Waals surface area contributed by atoms with Crippen molar-refractivity contribution in [2.45, 2.75) is 59.3 Å². The summed E-state index contributed by atoms with van der Waals surface area (Å²) in [5, 5.41) is 0. The summed E-state index contributed by atoms with van der Waals surface area (Å²) in [5.41, 5.74) is 0.541. The lowest BCUT2D eigenvalue weighted by atomic mass is 9.91. The molecule has 0 nitrogen and oxygen atoms in total. The van der Waals surface area contributed by atoms with Crippen LogP contribution in [0.1, 0.15) is 33.6 Å². The highest BCUT2D eigenvalue weighted by molar-refractivity contribution is 6.76. The summed E-state index contributed by atoms with van der Waals surface area (Å²) in [4.78, 5) is 0. The lowest BCUT2D eigenvalue weighted by molar-refractivity contribution is 0.372. The largest absolute Gasteiger partial charge is 0.0695 e. The number of hydrogen-bond donors (Lipinski definition) is 0. The molecule has 0 aromatic heterocycles. The van der Waals surface area contributed by atoms with Crippen molar-refractivity contribution in [3.8, 4) is 0 Å². The Hall–Kier alpha value is 0.217. The summed E-state index contributed by atoms with van der Waals surface area (Å²) in [6.45, 7) is 14.4. The van der Waals surface area contributed by atoms with Crippen LogP contribution in [0, 0.1) is 5.41 Å². The second-order valence-corrected chi connectivity index (χ2v) is 11.6. The van der Waals surface area contributed by atoms with E-state index in [0.717, 1.165) is 0 Å². The van der Waals surface area contributed by atoms with Crippen molar-refractivity contribution in [2.24, 2.45) is 5.41 Å². The van der Waals surface area contributed by atoms with E-state index in [2.05, 4.69) is 40.4 Å². The fourth-order valence-electron chi connectivity index (χ4n) is 1.15. The fraction of sp³-hybridized carbons (Fsp3) is 1.00. The molecule has 0 aliphatic rings. The zero-order chi connectivity index (χ0) is 9.12. The Kier molecular flexibility index (Phi) is 3.82. The Morgan fingerprint density at radius 2 is 1.45 bits per heavy atom. The maximum atomic E-state index is 2.45. The van der Waals surface area contributed by atoms with Crippen molar-refractivity contribution in [3.05, 3.63) is 0 Å². The molecule has 0 N–H and O–H groups in total. The second kappa shape index (κ2) is 3.75. The molecule has 0 fully saturated rings. The van der Waals surface area contributed by atoms with Crippen LogP contribution < -0.4 is 0 Å². The molecular formula is C10H24Si. The van der Waals surface area contributed by atoms with Gasteiger partial charge in [-0.1, -0.05) is 52.9 Å². The van der Waals surface area contributed by atoms with Gasteiger partial charge < -0.3 is 0 Å². The molecule has 0 heterocycles. The van der Waals surface area contributed by atoms with Crippen LogP contribution in [0.25, 0.3) is 0 Å². The van der Waals surface area contributed by atoms with E-state index in [9.17, 15) is 0 Å². The first kappa shape index (κ1) is 11.2. The lowest BCUT2D eigenvalue weighted by Gasteiger charge is -2.21. The number of hydrogen-bond acceptors (Lipinski definition) is 0. The smallest absolute Gasteiger partial charge is 0.0442 e. The zero-order valence-corrected chi connectivity index (χ0v) is 10.1. The van der Waals surface area contributed by atoms with Crippen LogP contribution in [0.15, 0.2) is 0 Å². The highest BCUT2D eigenvalue weighted by Crippen LogP contribution is 2.24. The van der Waals surface area contributed by atoms with Gasteiger partial charge in [-0.05, 0) is 11.8 Å². The van der Waals surface area contributed by atoms with Gasteiger partial charge in [-0.2, -0.15) is 0 Å². The molecule has 0 saturated carbocycles. The maximum absolute atomic E-state index is 2.45. The Bertz CT molecular complexity index is 89.0. The van der Waals surface area contributed by atoms with Gasteiger partial charge in [0.25, 0.3) is 0 Å². The Morgan fingerprint density at radius 3 is 1.73 bits per heavy atom. The molecule has 0 amide bonds. The molecule has 0 aliphatic carbocycles. The minimum atomic E-state index is -0.757. The highest BCUT2D eigenvalue weighted by atomic mass is 28.3. The molecule has 1 heteroatoms. The van der Waals surface area contributed by atoms with Gasteiger partial charge in [0, 0.05) is 8.07 Å². The average Bonchev–Trinajstić information content (AvgIpc) is 1.55.